The second-order valence-electron chi connectivity index (χ2n) is 6.88. The zero-order chi connectivity index (χ0) is 18.9. The number of carbonyl (C=O) groups is 2. The summed E-state index contributed by atoms with van der Waals surface area (Å²) in [5, 5.41) is 5.47. The third-order valence-electron chi connectivity index (χ3n) is 4.45. The minimum absolute atomic E-state index is 0.0426. The van der Waals surface area contributed by atoms with Crippen molar-refractivity contribution in [3.63, 3.8) is 0 Å². The maximum absolute atomic E-state index is 12.4. The SMILES string of the molecule is CCOC(=O)N[C@H](C(=O)NCc1ccc(N2CCCCC2)nc1)C(C)C. The van der Waals surface area contributed by atoms with Crippen LogP contribution in [0.1, 0.15) is 45.6 Å². The Balaban J connectivity index is 1.87. The molecule has 0 unspecified atom stereocenters. The molecule has 1 aliphatic heterocycles. The fourth-order valence-corrected chi connectivity index (χ4v) is 2.97. The Morgan fingerprint density at radius 3 is 2.54 bits per heavy atom. The molecule has 2 heterocycles. The van der Waals surface area contributed by atoms with Crippen LogP contribution in [-0.2, 0) is 16.1 Å². The molecule has 0 bridgehead atoms. The largest absolute Gasteiger partial charge is 0.450 e. The van der Waals surface area contributed by atoms with E-state index in [0.29, 0.717) is 6.54 Å². The number of anilines is 1. The van der Waals surface area contributed by atoms with E-state index in [4.69, 9.17) is 4.74 Å². The summed E-state index contributed by atoms with van der Waals surface area (Å²) in [6.45, 7) is 8.24. The highest BCUT2D eigenvalue weighted by Crippen LogP contribution is 2.17. The number of nitrogens with one attached hydrogen (secondary N) is 2. The molecule has 1 fully saturated rings. The average molecular weight is 362 g/mol. The van der Waals surface area contributed by atoms with Gasteiger partial charge in [0.05, 0.1) is 6.61 Å². The van der Waals surface area contributed by atoms with Crippen LogP contribution in [0.2, 0.25) is 0 Å². The number of carbonyl (C=O) groups excluding carboxylic acids is 2. The molecule has 0 saturated carbocycles. The molecule has 0 spiro atoms. The van der Waals surface area contributed by atoms with E-state index >= 15 is 0 Å². The lowest BCUT2D eigenvalue weighted by atomic mass is 10.0. The lowest BCUT2D eigenvalue weighted by Gasteiger charge is -2.27. The van der Waals surface area contributed by atoms with Gasteiger partial charge in [0.25, 0.3) is 0 Å². The summed E-state index contributed by atoms with van der Waals surface area (Å²) in [4.78, 5) is 30.8. The summed E-state index contributed by atoms with van der Waals surface area (Å²) >= 11 is 0. The topological polar surface area (TPSA) is 83.6 Å². The third-order valence-corrected chi connectivity index (χ3v) is 4.45. The summed E-state index contributed by atoms with van der Waals surface area (Å²) < 4.78 is 4.86. The van der Waals surface area contributed by atoms with Gasteiger partial charge in [-0.25, -0.2) is 9.78 Å². The predicted molar refractivity (Wildman–Crippen MR) is 101 cm³/mol. The maximum Gasteiger partial charge on any atom is 0.407 e. The first-order valence-electron chi connectivity index (χ1n) is 9.42. The van der Waals surface area contributed by atoms with Crippen LogP contribution in [0.25, 0.3) is 0 Å². The van der Waals surface area contributed by atoms with E-state index in [0.717, 1.165) is 24.5 Å². The number of hydrogen-bond donors (Lipinski definition) is 2. The van der Waals surface area contributed by atoms with Gasteiger partial charge in [0.1, 0.15) is 11.9 Å². The van der Waals surface area contributed by atoms with E-state index in [1.807, 2.05) is 26.0 Å². The monoisotopic (exact) mass is 362 g/mol. The van der Waals surface area contributed by atoms with Crippen LogP contribution in [0.3, 0.4) is 0 Å². The highest BCUT2D eigenvalue weighted by Gasteiger charge is 2.24. The molecule has 7 heteroatoms. The highest BCUT2D eigenvalue weighted by atomic mass is 16.5. The van der Waals surface area contributed by atoms with E-state index in [1.165, 1.54) is 19.3 Å². The molecular weight excluding hydrogens is 332 g/mol. The smallest absolute Gasteiger partial charge is 0.407 e. The van der Waals surface area contributed by atoms with Crippen molar-refractivity contribution >= 4 is 17.8 Å². The Bertz CT molecular complexity index is 583. The van der Waals surface area contributed by atoms with Crippen molar-refractivity contribution in [1.82, 2.24) is 15.6 Å². The normalized spacial score (nSPS) is 15.5. The first-order valence-corrected chi connectivity index (χ1v) is 9.42. The molecule has 144 valence electrons. The number of rotatable bonds is 7. The average Bonchev–Trinajstić information content (AvgIpc) is 2.65. The number of hydrogen-bond acceptors (Lipinski definition) is 5. The summed E-state index contributed by atoms with van der Waals surface area (Å²) in [7, 11) is 0. The Kier molecular flexibility index (Phi) is 7.69. The molecule has 1 atom stereocenters. The van der Waals surface area contributed by atoms with Crippen molar-refractivity contribution in [3.05, 3.63) is 23.9 Å². The standard InChI is InChI=1S/C19H30N4O3/c1-4-26-19(25)22-17(14(2)3)18(24)21-13-15-8-9-16(20-12-15)23-10-6-5-7-11-23/h8-9,12,14,17H,4-7,10-11,13H2,1-3H3,(H,21,24)(H,22,25)/t17-/m0/s1. The number of aromatic nitrogens is 1. The molecule has 0 aromatic carbocycles. The van der Waals surface area contributed by atoms with Gasteiger partial charge in [-0.1, -0.05) is 19.9 Å². The maximum atomic E-state index is 12.4. The molecule has 2 N–H and O–H groups in total. The van der Waals surface area contributed by atoms with E-state index in [9.17, 15) is 9.59 Å². The van der Waals surface area contributed by atoms with Crippen LogP contribution >= 0.6 is 0 Å². The number of amides is 2. The van der Waals surface area contributed by atoms with E-state index in [2.05, 4.69) is 20.5 Å². The number of nitrogens with zero attached hydrogens (tertiary/aromatic N) is 2. The van der Waals surface area contributed by atoms with Crippen molar-refractivity contribution in [1.29, 1.82) is 0 Å². The van der Waals surface area contributed by atoms with Gasteiger partial charge in [-0.05, 0) is 43.7 Å². The van der Waals surface area contributed by atoms with Crippen LogP contribution in [0, 0.1) is 5.92 Å². The molecule has 1 aliphatic rings. The lowest BCUT2D eigenvalue weighted by molar-refractivity contribution is -0.124. The molecular formula is C19H30N4O3. The van der Waals surface area contributed by atoms with Crippen molar-refractivity contribution in [2.75, 3.05) is 24.6 Å². The molecule has 0 aliphatic carbocycles. The fourth-order valence-electron chi connectivity index (χ4n) is 2.97. The Labute approximate surface area is 155 Å². The summed E-state index contributed by atoms with van der Waals surface area (Å²) in [6, 6.07) is 3.36. The molecule has 2 rings (SSSR count). The minimum Gasteiger partial charge on any atom is -0.450 e. The fraction of sp³-hybridized carbons (Fsp3) is 0.632. The molecule has 1 saturated heterocycles. The zero-order valence-electron chi connectivity index (χ0n) is 16.0. The summed E-state index contributed by atoms with van der Waals surface area (Å²) in [5.74, 6) is 0.718. The molecule has 0 radical (unpaired) electrons. The minimum atomic E-state index is -0.630. The van der Waals surface area contributed by atoms with Gasteiger partial charge in [-0.3, -0.25) is 4.79 Å². The van der Waals surface area contributed by atoms with Gasteiger partial charge in [0.2, 0.25) is 5.91 Å². The third kappa shape index (κ3) is 5.89. The number of pyridine rings is 1. The summed E-state index contributed by atoms with van der Waals surface area (Å²) in [5.41, 5.74) is 0.928. The number of alkyl carbamates (subject to hydrolysis) is 1. The highest BCUT2D eigenvalue weighted by molar-refractivity contribution is 5.85. The Hall–Kier alpha value is -2.31. The first-order chi connectivity index (χ1) is 12.5. The van der Waals surface area contributed by atoms with Crippen molar-refractivity contribution in [3.8, 4) is 0 Å². The van der Waals surface area contributed by atoms with Crippen LogP contribution < -0.4 is 15.5 Å². The van der Waals surface area contributed by atoms with Gasteiger partial charge < -0.3 is 20.3 Å². The van der Waals surface area contributed by atoms with Gasteiger partial charge in [-0.15, -0.1) is 0 Å². The lowest BCUT2D eigenvalue weighted by Crippen LogP contribution is -2.49. The van der Waals surface area contributed by atoms with Crippen LogP contribution in [-0.4, -0.2) is 42.7 Å². The van der Waals surface area contributed by atoms with Crippen LogP contribution in [0.15, 0.2) is 18.3 Å². The van der Waals surface area contributed by atoms with Gasteiger partial charge in [0, 0.05) is 25.8 Å². The zero-order valence-corrected chi connectivity index (χ0v) is 16.0. The molecule has 7 nitrogen and oxygen atoms in total. The summed E-state index contributed by atoms with van der Waals surface area (Å²) in [6.07, 6.45) is 4.94. The molecule has 2 amide bonds. The quantitative estimate of drug-likeness (QED) is 0.778. The van der Waals surface area contributed by atoms with E-state index < -0.39 is 12.1 Å². The second kappa shape index (κ2) is 9.99. The Morgan fingerprint density at radius 1 is 1.23 bits per heavy atom. The molecule has 1 aromatic heterocycles. The molecule has 1 aromatic rings. The predicted octanol–water partition coefficient (Wildman–Crippen LogP) is 2.46. The first kappa shape index (κ1) is 20.0. The molecule has 26 heavy (non-hydrogen) atoms. The van der Waals surface area contributed by atoms with Crippen molar-refractivity contribution in [2.24, 2.45) is 5.92 Å². The number of ether oxygens (including phenoxy) is 1. The van der Waals surface area contributed by atoms with Gasteiger partial charge >= 0.3 is 6.09 Å². The van der Waals surface area contributed by atoms with Gasteiger partial charge in [0.15, 0.2) is 0 Å². The second-order valence-corrected chi connectivity index (χ2v) is 6.88. The number of piperidine rings is 1. The van der Waals surface area contributed by atoms with E-state index in [-0.39, 0.29) is 18.4 Å². The van der Waals surface area contributed by atoms with Crippen LogP contribution in [0.5, 0.6) is 0 Å². The van der Waals surface area contributed by atoms with Crippen molar-refractivity contribution in [2.45, 2.75) is 52.6 Å². The van der Waals surface area contributed by atoms with Gasteiger partial charge in [-0.2, -0.15) is 0 Å². The Morgan fingerprint density at radius 2 is 1.96 bits per heavy atom. The van der Waals surface area contributed by atoms with Crippen LogP contribution in [0.4, 0.5) is 10.6 Å². The van der Waals surface area contributed by atoms with E-state index in [1.54, 1.807) is 13.1 Å². The van der Waals surface area contributed by atoms with Crippen molar-refractivity contribution < 1.29 is 14.3 Å².